The highest BCUT2D eigenvalue weighted by atomic mass is 32.2. The zero-order valence-corrected chi connectivity index (χ0v) is 16.2. The lowest BCUT2D eigenvalue weighted by atomic mass is 10.1. The molecule has 0 unspecified atom stereocenters. The smallest absolute Gasteiger partial charge is 0.230 e. The van der Waals surface area contributed by atoms with E-state index in [1.807, 2.05) is 25.1 Å². The van der Waals surface area contributed by atoms with Crippen molar-refractivity contribution in [3.05, 3.63) is 36.2 Å². The van der Waals surface area contributed by atoms with Crippen LogP contribution in [0.5, 0.6) is 0 Å². The monoisotopic (exact) mass is 373 g/mol. The maximum absolute atomic E-state index is 11.9. The summed E-state index contributed by atoms with van der Waals surface area (Å²) in [6.07, 6.45) is 4.75. The Kier molecular flexibility index (Phi) is 7.08. The normalized spacial score (nSPS) is 15.1. The lowest BCUT2D eigenvalue weighted by Gasteiger charge is -2.26. The number of hydrogen-bond donors (Lipinski definition) is 1. The summed E-state index contributed by atoms with van der Waals surface area (Å²) in [5, 5.41) is 12.5. The molecule has 1 N–H and O–H groups in total. The Bertz CT molecular complexity index is 697. The number of piperidine rings is 1. The van der Waals surface area contributed by atoms with Crippen LogP contribution in [0, 0.1) is 0 Å². The number of carbonyl (C=O) groups excluding carboxylic acids is 1. The highest BCUT2D eigenvalue weighted by Crippen LogP contribution is 2.23. The minimum absolute atomic E-state index is 0.0389. The number of hydrogen-bond acceptors (Lipinski definition) is 5. The molecule has 0 spiro atoms. The molecular weight excluding hydrogens is 346 g/mol. The molecule has 0 aliphatic carbocycles. The Labute approximate surface area is 159 Å². The Balaban J connectivity index is 1.76. The fourth-order valence-corrected chi connectivity index (χ4v) is 3.90. The summed E-state index contributed by atoms with van der Waals surface area (Å²) in [6.45, 7) is 5.79. The number of amides is 1. The third-order valence-electron chi connectivity index (χ3n) is 4.43. The molecule has 0 radical (unpaired) electrons. The second kappa shape index (κ2) is 9.73. The summed E-state index contributed by atoms with van der Waals surface area (Å²) in [7, 11) is 0. The van der Waals surface area contributed by atoms with Crippen LogP contribution in [0.1, 0.15) is 38.4 Å². The van der Waals surface area contributed by atoms with Gasteiger partial charge in [0.25, 0.3) is 0 Å². The average Bonchev–Trinajstić information content (AvgIpc) is 3.08. The molecule has 0 atom stereocenters. The van der Waals surface area contributed by atoms with Crippen molar-refractivity contribution in [2.24, 2.45) is 0 Å². The van der Waals surface area contributed by atoms with E-state index < -0.39 is 0 Å². The zero-order chi connectivity index (χ0) is 18.2. The topological polar surface area (TPSA) is 63.1 Å². The van der Waals surface area contributed by atoms with Gasteiger partial charge < -0.3 is 5.32 Å². The van der Waals surface area contributed by atoms with Gasteiger partial charge in [-0.3, -0.25) is 14.3 Å². The van der Waals surface area contributed by atoms with Gasteiger partial charge in [-0.05, 0) is 44.5 Å². The van der Waals surface area contributed by atoms with Gasteiger partial charge in [0.15, 0.2) is 11.0 Å². The van der Waals surface area contributed by atoms with E-state index in [1.165, 1.54) is 31.0 Å². The number of aromatic nitrogens is 3. The van der Waals surface area contributed by atoms with E-state index in [0.29, 0.717) is 12.3 Å². The minimum atomic E-state index is 0.0389. The second-order valence-corrected chi connectivity index (χ2v) is 7.49. The third-order valence-corrected chi connectivity index (χ3v) is 5.36. The molecule has 0 bridgehead atoms. The van der Waals surface area contributed by atoms with E-state index in [0.717, 1.165) is 42.7 Å². The van der Waals surface area contributed by atoms with Crippen molar-refractivity contribution in [1.82, 2.24) is 25.0 Å². The number of nitrogens with one attached hydrogen (secondary N) is 1. The second-order valence-electron chi connectivity index (χ2n) is 6.55. The van der Waals surface area contributed by atoms with Gasteiger partial charge >= 0.3 is 0 Å². The molecule has 1 aliphatic heterocycles. The van der Waals surface area contributed by atoms with Gasteiger partial charge in [0.2, 0.25) is 5.91 Å². The first-order valence-electron chi connectivity index (χ1n) is 9.39. The predicted molar refractivity (Wildman–Crippen MR) is 105 cm³/mol. The van der Waals surface area contributed by atoms with Crippen LogP contribution < -0.4 is 5.32 Å². The molecule has 1 amide bonds. The van der Waals surface area contributed by atoms with Gasteiger partial charge in [-0.1, -0.05) is 43.3 Å². The molecule has 140 valence electrons. The standard InChI is InChI=1S/C19H27N5OS/c1-2-11-20-18(25)15-26-19-22-21-17(14-23-12-7-4-8-13-23)24(19)16-9-5-3-6-10-16/h3,5-6,9-10H,2,4,7-8,11-15H2,1H3,(H,20,25). The highest BCUT2D eigenvalue weighted by molar-refractivity contribution is 7.99. The van der Waals surface area contributed by atoms with Gasteiger partial charge in [-0.25, -0.2) is 0 Å². The number of carbonyl (C=O) groups is 1. The molecular formula is C19H27N5OS. The zero-order valence-electron chi connectivity index (χ0n) is 15.4. The maximum atomic E-state index is 11.9. The first-order chi connectivity index (χ1) is 12.8. The van der Waals surface area contributed by atoms with Crippen LogP contribution in [-0.2, 0) is 11.3 Å². The maximum Gasteiger partial charge on any atom is 0.230 e. The lowest BCUT2D eigenvalue weighted by molar-refractivity contribution is -0.118. The van der Waals surface area contributed by atoms with E-state index in [4.69, 9.17) is 0 Å². The fraction of sp³-hybridized carbons (Fsp3) is 0.526. The third kappa shape index (κ3) is 5.08. The van der Waals surface area contributed by atoms with Crippen LogP contribution >= 0.6 is 11.8 Å². The van der Waals surface area contributed by atoms with Gasteiger partial charge in [0, 0.05) is 12.2 Å². The van der Waals surface area contributed by atoms with Crippen molar-refractivity contribution < 1.29 is 4.79 Å². The first-order valence-corrected chi connectivity index (χ1v) is 10.4. The Morgan fingerprint density at radius 2 is 1.92 bits per heavy atom. The minimum Gasteiger partial charge on any atom is -0.355 e. The molecule has 1 aromatic heterocycles. The van der Waals surface area contributed by atoms with Gasteiger partial charge in [0.05, 0.1) is 12.3 Å². The van der Waals surface area contributed by atoms with Crippen LogP contribution in [0.2, 0.25) is 0 Å². The molecule has 26 heavy (non-hydrogen) atoms. The first kappa shape index (κ1) is 18.9. The lowest BCUT2D eigenvalue weighted by Crippen LogP contribution is -2.30. The number of thioether (sulfide) groups is 1. The van der Waals surface area contributed by atoms with Crippen LogP contribution in [-0.4, -0.2) is 51.0 Å². The average molecular weight is 374 g/mol. The fourth-order valence-electron chi connectivity index (χ4n) is 3.10. The molecule has 1 saturated heterocycles. The van der Waals surface area contributed by atoms with Gasteiger partial charge in [-0.2, -0.15) is 0 Å². The van der Waals surface area contributed by atoms with Crippen LogP contribution in [0.25, 0.3) is 5.69 Å². The number of rotatable bonds is 8. The van der Waals surface area contributed by atoms with E-state index in [1.54, 1.807) is 0 Å². The number of benzene rings is 1. The summed E-state index contributed by atoms with van der Waals surface area (Å²) < 4.78 is 2.09. The van der Waals surface area contributed by atoms with E-state index in [-0.39, 0.29) is 5.91 Å². The molecule has 2 heterocycles. The molecule has 0 saturated carbocycles. The van der Waals surface area contributed by atoms with Gasteiger partial charge in [-0.15, -0.1) is 10.2 Å². The molecule has 1 aliphatic rings. The number of nitrogens with zero attached hydrogens (tertiary/aromatic N) is 4. The SMILES string of the molecule is CCCNC(=O)CSc1nnc(CN2CCCCC2)n1-c1ccccc1. The van der Waals surface area contributed by atoms with Crippen LogP contribution in [0.15, 0.2) is 35.5 Å². The van der Waals surface area contributed by atoms with E-state index >= 15 is 0 Å². The molecule has 3 rings (SSSR count). The predicted octanol–water partition coefficient (Wildman–Crippen LogP) is 2.87. The number of likely N-dealkylation sites (tertiary alicyclic amines) is 1. The summed E-state index contributed by atoms with van der Waals surface area (Å²) in [6, 6.07) is 10.2. The van der Waals surface area contributed by atoms with E-state index in [2.05, 4.69) is 37.1 Å². The summed E-state index contributed by atoms with van der Waals surface area (Å²) in [4.78, 5) is 14.4. The highest BCUT2D eigenvalue weighted by Gasteiger charge is 2.19. The molecule has 1 aromatic carbocycles. The van der Waals surface area contributed by atoms with Crippen LogP contribution in [0.3, 0.4) is 0 Å². The van der Waals surface area contributed by atoms with Crippen molar-refractivity contribution in [1.29, 1.82) is 0 Å². The molecule has 2 aromatic rings. The summed E-state index contributed by atoms with van der Waals surface area (Å²) in [5.41, 5.74) is 1.04. The quantitative estimate of drug-likeness (QED) is 0.721. The van der Waals surface area contributed by atoms with Crippen molar-refractivity contribution in [3.8, 4) is 5.69 Å². The van der Waals surface area contributed by atoms with Crippen molar-refractivity contribution >= 4 is 17.7 Å². The summed E-state index contributed by atoms with van der Waals surface area (Å²) in [5.74, 6) is 1.33. The molecule has 1 fully saturated rings. The van der Waals surface area contributed by atoms with Crippen molar-refractivity contribution in [3.63, 3.8) is 0 Å². The molecule has 7 heteroatoms. The largest absolute Gasteiger partial charge is 0.355 e. The Morgan fingerprint density at radius 1 is 1.15 bits per heavy atom. The Hall–Kier alpha value is -1.86. The van der Waals surface area contributed by atoms with E-state index in [9.17, 15) is 4.79 Å². The van der Waals surface area contributed by atoms with Gasteiger partial charge in [0.1, 0.15) is 0 Å². The molecule has 6 nitrogen and oxygen atoms in total. The van der Waals surface area contributed by atoms with Crippen LogP contribution in [0.4, 0.5) is 0 Å². The number of para-hydroxylation sites is 1. The van der Waals surface area contributed by atoms with Crippen molar-refractivity contribution in [2.45, 2.75) is 44.3 Å². The summed E-state index contributed by atoms with van der Waals surface area (Å²) >= 11 is 1.44. The Morgan fingerprint density at radius 3 is 2.65 bits per heavy atom. The van der Waals surface area contributed by atoms with Crippen molar-refractivity contribution in [2.75, 3.05) is 25.4 Å².